The molecule has 2 atom stereocenters. The minimum absolute atomic E-state index is 0.0125. The van der Waals surface area contributed by atoms with E-state index in [4.69, 9.17) is 9.47 Å². The van der Waals surface area contributed by atoms with Crippen LogP contribution >= 0.6 is 0 Å². The standard InChI is InChI=1S/C24H27N3O4/c1-14-20(30-3)10-18-19-12-26(11-16(19)13-31-23(18)22(14)28)9-7-17-15(2)25-21-6-4-5-8-27(21)24(17)29/h4-6,8,10,16,19,28H,7,9,11-13H2,1-3H3. The fourth-order valence-electron chi connectivity index (χ4n) is 5.03. The Labute approximate surface area is 180 Å². The van der Waals surface area contributed by atoms with Crippen LogP contribution in [0.4, 0.5) is 0 Å². The third-order valence-corrected chi connectivity index (χ3v) is 6.78. The van der Waals surface area contributed by atoms with Gasteiger partial charge in [0.1, 0.15) is 11.4 Å². The summed E-state index contributed by atoms with van der Waals surface area (Å²) in [6.45, 7) is 6.90. The molecule has 2 aliphatic rings. The summed E-state index contributed by atoms with van der Waals surface area (Å²) in [7, 11) is 1.62. The van der Waals surface area contributed by atoms with Gasteiger partial charge in [-0.05, 0) is 38.5 Å². The Morgan fingerprint density at radius 1 is 1.29 bits per heavy atom. The molecular weight excluding hydrogens is 394 g/mol. The second-order valence-corrected chi connectivity index (χ2v) is 8.57. The predicted octanol–water partition coefficient (Wildman–Crippen LogP) is 2.68. The van der Waals surface area contributed by atoms with Crippen molar-refractivity contribution in [3.05, 3.63) is 63.2 Å². The van der Waals surface area contributed by atoms with Crippen LogP contribution in [0, 0.1) is 19.8 Å². The maximum absolute atomic E-state index is 13.0. The molecule has 0 aliphatic carbocycles. The van der Waals surface area contributed by atoms with Crippen molar-refractivity contribution in [2.24, 2.45) is 5.92 Å². The molecule has 0 radical (unpaired) electrons. The number of methoxy groups -OCH3 is 1. The fraction of sp³-hybridized carbons (Fsp3) is 0.417. The molecule has 7 heteroatoms. The number of phenolic OH excluding ortho intramolecular Hbond substituents is 1. The average Bonchev–Trinajstić information content (AvgIpc) is 3.19. The third kappa shape index (κ3) is 3.24. The molecule has 1 saturated heterocycles. The smallest absolute Gasteiger partial charge is 0.261 e. The maximum Gasteiger partial charge on any atom is 0.261 e. The molecule has 3 aromatic rings. The van der Waals surface area contributed by atoms with Crippen LogP contribution in [0.1, 0.15) is 28.3 Å². The number of benzene rings is 1. The van der Waals surface area contributed by atoms with Crippen LogP contribution in [0.2, 0.25) is 0 Å². The normalized spacial score (nSPS) is 20.4. The Bertz CT molecular complexity index is 1220. The van der Waals surface area contributed by atoms with Gasteiger partial charge in [0.2, 0.25) is 0 Å². The Morgan fingerprint density at radius 3 is 2.94 bits per heavy atom. The van der Waals surface area contributed by atoms with Gasteiger partial charge < -0.3 is 19.5 Å². The summed E-state index contributed by atoms with van der Waals surface area (Å²) in [6, 6.07) is 7.60. The molecule has 1 aromatic carbocycles. The molecule has 0 bridgehead atoms. The van der Waals surface area contributed by atoms with Gasteiger partial charge in [-0.2, -0.15) is 0 Å². The molecule has 0 spiro atoms. The summed E-state index contributed by atoms with van der Waals surface area (Å²) in [5, 5.41) is 10.6. The van der Waals surface area contributed by atoms with Crippen LogP contribution < -0.4 is 15.0 Å². The zero-order valence-electron chi connectivity index (χ0n) is 18.1. The second-order valence-electron chi connectivity index (χ2n) is 8.57. The van der Waals surface area contributed by atoms with Gasteiger partial charge in [-0.25, -0.2) is 4.98 Å². The highest BCUT2D eigenvalue weighted by Gasteiger charge is 2.40. The molecule has 2 aliphatic heterocycles. The Hall–Kier alpha value is -3.06. The molecule has 162 valence electrons. The number of aryl methyl sites for hydroxylation is 1. The molecule has 31 heavy (non-hydrogen) atoms. The molecular formula is C24H27N3O4. The van der Waals surface area contributed by atoms with Gasteiger partial charge >= 0.3 is 0 Å². The number of phenols is 1. The Kier molecular flexibility index (Phi) is 4.85. The lowest BCUT2D eigenvalue weighted by atomic mass is 9.86. The van der Waals surface area contributed by atoms with E-state index in [1.165, 1.54) is 0 Å². The van der Waals surface area contributed by atoms with Crippen LogP contribution in [0.3, 0.4) is 0 Å². The lowest BCUT2D eigenvalue weighted by Crippen LogP contribution is -2.28. The van der Waals surface area contributed by atoms with Crippen molar-refractivity contribution in [1.29, 1.82) is 0 Å². The number of ether oxygens (including phenoxy) is 2. The summed E-state index contributed by atoms with van der Waals surface area (Å²) >= 11 is 0. The van der Waals surface area contributed by atoms with E-state index >= 15 is 0 Å². The van der Waals surface area contributed by atoms with E-state index < -0.39 is 0 Å². The zero-order valence-corrected chi connectivity index (χ0v) is 18.1. The topological polar surface area (TPSA) is 76.3 Å². The molecule has 1 N–H and O–H groups in total. The monoisotopic (exact) mass is 421 g/mol. The molecule has 0 saturated carbocycles. The summed E-state index contributed by atoms with van der Waals surface area (Å²) < 4.78 is 13.0. The van der Waals surface area contributed by atoms with Crippen molar-refractivity contribution in [2.75, 3.05) is 33.4 Å². The zero-order chi connectivity index (χ0) is 21.7. The largest absolute Gasteiger partial charge is 0.504 e. The minimum Gasteiger partial charge on any atom is -0.504 e. The van der Waals surface area contributed by atoms with Crippen molar-refractivity contribution in [3.8, 4) is 17.2 Å². The lowest BCUT2D eigenvalue weighted by Gasteiger charge is -2.29. The van der Waals surface area contributed by atoms with Gasteiger partial charge in [-0.15, -0.1) is 0 Å². The van der Waals surface area contributed by atoms with Crippen LogP contribution in [0.5, 0.6) is 17.2 Å². The molecule has 2 unspecified atom stereocenters. The Morgan fingerprint density at radius 2 is 2.13 bits per heavy atom. The lowest BCUT2D eigenvalue weighted by molar-refractivity contribution is 0.204. The van der Waals surface area contributed by atoms with Gasteiger partial charge in [0, 0.05) is 60.1 Å². The number of aromatic hydroxyl groups is 1. The van der Waals surface area contributed by atoms with Crippen LogP contribution in [0.15, 0.2) is 35.3 Å². The summed E-state index contributed by atoms with van der Waals surface area (Å²) in [5.41, 5.74) is 3.98. The van der Waals surface area contributed by atoms with E-state index in [-0.39, 0.29) is 17.2 Å². The van der Waals surface area contributed by atoms with Gasteiger partial charge in [0.25, 0.3) is 5.56 Å². The highest BCUT2D eigenvalue weighted by Crippen LogP contribution is 2.49. The van der Waals surface area contributed by atoms with Crippen LogP contribution in [0.25, 0.3) is 5.65 Å². The number of pyridine rings is 1. The SMILES string of the molecule is COc1cc2c(c(O)c1C)OCC1CN(CCc3c(C)nc4ccccn4c3=O)CC21. The summed E-state index contributed by atoms with van der Waals surface area (Å²) in [4.78, 5) is 19.9. The maximum atomic E-state index is 13.0. The Balaban J connectivity index is 1.37. The number of aromatic nitrogens is 2. The quantitative estimate of drug-likeness (QED) is 0.698. The first-order chi connectivity index (χ1) is 15.0. The fourth-order valence-corrected chi connectivity index (χ4v) is 5.03. The highest BCUT2D eigenvalue weighted by atomic mass is 16.5. The molecule has 0 amide bonds. The minimum atomic E-state index is 0.0125. The second kappa shape index (κ2) is 7.57. The number of fused-ring (bicyclic) bond motifs is 4. The molecule has 7 nitrogen and oxygen atoms in total. The first-order valence-electron chi connectivity index (χ1n) is 10.7. The van der Waals surface area contributed by atoms with Crippen molar-refractivity contribution < 1.29 is 14.6 Å². The molecule has 4 heterocycles. The van der Waals surface area contributed by atoms with E-state index in [1.807, 2.05) is 38.1 Å². The van der Waals surface area contributed by atoms with Crippen molar-refractivity contribution in [2.45, 2.75) is 26.2 Å². The number of hydrogen-bond acceptors (Lipinski definition) is 6. The van der Waals surface area contributed by atoms with Crippen molar-refractivity contribution in [3.63, 3.8) is 0 Å². The number of hydrogen-bond donors (Lipinski definition) is 1. The van der Waals surface area contributed by atoms with Crippen LogP contribution in [-0.2, 0) is 6.42 Å². The summed E-state index contributed by atoms with van der Waals surface area (Å²) in [5.74, 6) is 2.09. The summed E-state index contributed by atoms with van der Waals surface area (Å²) in [6.07, 6.45) is 2.43. The average molecular weight is 421 g/mol. The van der Waals surface area contributed by atoms with E-state index in [9.17, 15) is 9.90 Å². The highest BCUT2D eigenvalue weighted by molar-refractivity contribution is 5.59. The number of nitrogens with zero attached hydrogens (tertiary/aromatic N) is 3. The van der Waals surface area contributed by atoms with Crippen molar-refractivity contribution >= 4 is 5.65 Å². The van der Waals surface area contributed by atoms with E-state index in [2.05, 4.69) is 9.88 Å². The first kappa shape index (κ1) is 19.9. The van der Waals surface area contributed by atoms with Gasteiger partial charge in [-0.3, -0.25) is 9.20 Å². The predicted molar refractivity (Wildman–Crippen MR) is 117 cm³/mol. The van der Waals surface area contributed by atoms with Gasteiger partial charge in [-0.1, -0.05) is 6.07 Å². The molecule has 1 fully saturated rings. The van der Waals surface area contributed by atoms with Crippen LogP contribution in [-0.4, -0.2) is 52.7 Å². The third-order valence-electron chi connectivity index (χ3n) is 6.78. The van der Waals surface area contributed by atoms with E-state index in [0.29, 0.717) is 41.7 Å². The molecule has 5 rings (SSSR count). The molecule has 2 aromatic heterocycles. The van der Waals surface area contributed by atoms with E-state index in [0.717, 1.165) is 36.5 Å². The number of likely N-dealkylation sites (tertiary alicyclic amines) is 1. The van der Waals surface area contributed by atoms with Gasteiger partial charge in [0.05, 0.1) is 13.7 Å². The number of rotatable bonds is 4. The van der Waals surface area contributed by atoms with Gasteiger partial charge in [0.15, 0.2) is 11.5 Å². The first-order valence-corrected chi connectivity index (χ1v) is 10.7. The van der Waals surface area contributed by atoms with E-state index in [1.54, 1.807) is 17.7 Å². The van der Waals surface area contributed by atoms with Crippen molar-refractivity contribution in [1.82, 2.24) is 14.3 Å².